The summed E-state index contributed by atoms with van der Waals surface area (Å²) in [6.45, 7) is 1.59. The van der Waals surface area contributed by atoms with E-state index in [9.17, 15) is 9.59 Å². The van der Waals surface area contributed by atoms with E-state index in [1.165, 1.54) is 0 Å². The lowest BCUT2D eigenvalue weighted by atomic mass is 10.1. The number of carbonyl (C=O) groups excluding carboxylic acids is 2. The Morgan fingerprint density at radius 2 is 2.00 bits per heavy atom. The maximum atomic E-state index is 11.9. The van der Waals surface area contributed by atoms with Gasteiger partial charge in [-0.15, -0.1) is 0 Å². The molecule has 1 unspecified atom stereocenters. The van der Waals surface area contributed by atoms with Gasteiger partial charge >= 0.3 is 5.97 Å². The molecule has 5 heteroatoms. The third-order valence-electron chi connectivity index (χ3n) is 3.77. The minimum absolute atomic E-state index is 0.0771. The molecular weight excluding hydrogens is 268 g/mol. The molecule has 0 radical (unpaired) electrons. The number of esters is 1. The summed E-state index contributed by atoms with van der Waals surface area (Å²) in [5.41, 5.74) is 7.05. The average Bonchev–Trinajstić information content (AvgIpc) is 2.94. The van der Waals surface area contributed by atoms with E-state index in [1.807, 2.05) is 12.1 Å². The van der Waals surface area contributed by atoms with Gasteiger partial charge in [-0.05, 0) is 31.4 Å². The molecule has 1 aliphatic rings. The summed E-state index contributed by atoms with van der Waals surface area (Å²) in [6.07, 6.45) is 3.61. The normalized spacial score (nSPS) is 16.4. The number of hydrogen-bond acceptors (Lipinski definition) is 4. The Labute approximate surface area is 124 Å². The summed E-state index contributed by atoms with van der Waals surface area (Å²) in [5.74, 6) is -0.668. The number of anilines is 1. The molecule has 0 bridgehead atoms. The highest BCUT2D eigenvalue weighted by molar-refractivity contribution is 5.84. The summed E-state index contributed by atoms with van der Waals surface area (Å²) in [6, 6.07) is 7.36. The second-order valence-corrected chi connectivity index (χ2v) is 5.50. The summed E-state index contributed by atoms with van der Waals surface area (Å²) in [5, 5.41) is 2.92. The minimum Gasteiger partial charge on any atom is -0.452 e. The molecule has 5 nitrogen and oxygen atoms in total. The fourth-order valence-corrected chi connectivity index (χ4v) is 2.53. The van der Waals surface area contributed by atoms with Gasteiger partial charge in [0, 0.05) is 11.7 Å². The molecule has 0 heterocycles. The van der Waals surface area contributed by atoms with Gasteiger partial charge in [-0.25, -0.2) is 0 Å². The number of hydrogen-bond donors (Lipinski definition) is 2. The molecule has 1 aromatic rings. The van der Waals surface area contributed by atoms with Gasteiger partial charge in [0.05, 0.1) is 6.42 Å². The molecule has 1 aliphatic carbocycles. The van der Waals surface area contributed by atoms with Crippen LogP contribution < -0.4 is 11.1 Å². The van der Waals surface area contributed by atoms with E-state index in [-0.39, 0.29) is 18.4 Å². The fourth-order valence-electron chi connectivity index (χ4n) is 2.53. The first kappa shape index (κ1) is 15.4. The van der Waals surface area contributed by atoms with Crippen molar-refractivity contribution >= 4 is 17.6 Å². The number of amides is 1. The van der Waals surface area contributed by atoms with Crippen LogP contribution in [-0.4, -0.2) is 24.0 Å². The molecule has 2 rings (SSSR count). The number of para-hydroxylation sites is 1. The van der Waals surface area contributed by atoms with E-state index in [0.717, 1.165) is 25.7 Å². The maximum Gasteiger partial charge on any atom is 0.311 e. The van der Waals surface area contributed by atoms with Crippen LogP contribution in [0.2, 0.25) is 0 Å². The van der Waals surface area contributed by atoms with E-state index in [1.54, 1.807) is 19.1 Å². The third kappa shape index (κ3) is 4.48. The van der Waals surface area contributed by atoms with Crippen LogP contribution in [0.25, 0.3) is 0 Å². The Balaban J connectivity index is 1.81. The van der Waals surface area contributed by atoms with Crippen molar-refractivity contribution in [3.63, 3.8) is 0 Å². The van der Waals surface area contributed by atoms with Crippen molar-refractivity contribution in [2.75, 3.05) is 5.73 Å². The first-order chi connectivity index (χ1) is 10.1. The van der Waals surface area contributed by atoms with Crippen LogP contribution in [0.5, 0.6) is 0 Å². The minimum atomic E-state index is -0.775. The van der Waals surface area contributed by atoms with Crippen LogP contribution in [0.4, 0.5) is 5.69 Å². The summed E-state index contributed by atoms with van der Waals surface area (Å²) >= 11 is 0. The fraction of sp³-hybridized carbons (Fsp3) is 0.500. The smallest absolute Gasteiger partial charge is 0.311 e. The van der Waals surface area contributed by atoms with Crippen molar-refractivity contribution in [1.82, 2.24) is 5.32 Å². The highest BCUT2D eigenvalue weighted by Crippen LogP contribution is 2.18. The van der Waals surface area contributed by atoms with Crippen molar-refractivity contribution < 1.29 is 14.3 Å². The van der Waals surface area contributed by atoms with E-state index in [2.05, 4.69) is 5.32 Å². The van der Waals surface area contributed by atoms with Gasteiger partial charge in [0.2, 0.25) is 0 Å². The topological polar surface area (TPSA) is 81.4 Å². The standard InChI is InChI=1S/C16H22N2O3/c1-11(16(20)18-13-7-3-4-8-13)21-15(19)10-12-6-2-5-9-14(12)17/h2,5-6,9,11,13H,3-4,7-8,10,17H2,1H3,(H,18,20). The van der Waals surface area contributed by atoms with Crippen molar-refractivity contribution in [2.24, 2.45) is 0 Å². The monoisotopic (exact) mass is 290 g/mol. The summed E-state index contributed by atoms with van der Waals surface area (Å²) in [4.78, 5) is 23.8. The molecule has 1 atom stereocenters. The molecular formula is C16H22N2O3. The first-order valence-corrected chi connectivity index (χ1v) is 7.39. The quantitative estimate of drug-likeness (QED) is 0.640. The molecule has 0 saturated heterocycles. The van der Waals surface area contributed by atoms with Crippen LogP contribution in [-0.2, 0) is 20.7 Å². The Bertz CT molecular complexity index is 510. The maximum absolute atomic E-state index is 11.9. The highest BCUT2D eigenvalue weighted by atomic mass is 16.5. The zero-order chi connectivity index (χ0) is 15.2. The number of benzene rings is 1. The van der Waals surface area contributed by atoms with Crippen LogP contribution in [0.15, 0.2) is 24.3 Å². The molecule has 1 fully saturated rings. The lowest BCUT2D eigenvalue weighted by molar-refractivity contribution is -0.154. The van der Waals surface area contributed by atoms with Gasteiger partial charge in [-0.1, -0.05) is 31.0 Å². The van der Waals surface area contributed by atoms with Crippen molar-refractivity contribution in [2.45, 2.75) is 51.2 Å². The molecule has 1 aromatic carbocycles. The van der Waals surface area contributed by atoms with E-state index in [4.69, 9.17) is 10.5 Å². The molecule has 114 valence electrons. The third-order valence-corrected chi connectivity index (χ3v) is 3.77. The largest absolute Gasteiger partial charge is 0.452 e. The van der Waals surface area contributed by atoms with Gasteiger partial charge in [-0.3, -0.25) is 9.59 Å². The Morgan fingerprint density at radius 1 is 1.33 bits per heavy atom. The molecule has 3 N–H and O–H groups in total. The predicted octanol–water partition coefficient (Wildman–Crippen LogP) is 1.80. The SMILES string of the molecule is CC(OC(=O)Cc1ccccc1N)C(=O)NC1CCCC1. The Hall–Kier alpha value is -2.04. The van der Waals surface area contributed by atoms with Gasteiger partial charge in [-0.2, -0.15) is 0 Å². The number of carbonyl (C=O) groups is 2. The van der Waals surface area contributed by atoms with Crippen molar-refractivity contribution in [3.05, 3.63) is 29.8 Å². The molecule has 0 aliphatic heterocycles. The highest BCUT2D eigenvalue weighted by Gasteiger charge is 2.23. The number of nitrogen functional groups attached to an aromatic ring is 1. The average molecular weight is 290 g/mol. The molecule has 21 heavy (non-hydrogen) atoms. The van der Waals surface area contributed by atoms with E-state index >= 15 is 0 Å². The van der Waals surface area contributed by atoms with Crippen LogP contribution in [0, 0.1) is 0 Å². The molecule has 0 aromatic heterocycles. The van der Waals surface area contributed by atoms with Crippen LogP contribution in [0.1, 0.15) is 38.2 Å². The van der Waals surface area contributed by atoms with Gasteiger partial charge in [0.1, 0.15) is 0 Å². The second-order valence-electron chi connectivity index (χ2n) is 5.50. The number of rotatable bonds is 5. The predicted molar refractivity (Wildman–Crippen MR) is 80.5 cm³/mol. The zero-order valence-electron chi connectivity index (χ0n) is 12.3. The van der Waals surface area contributed by atoms with Crippen LogP contribution >= 0.6 is 0 Å². The first-order valence-electron chi connectivity index (χ1n) is 7.39. The lowest BCUT2D eigenvalue weighted by Gasteiger charge is -2.17. The number of nitrogens with two attached hydrogens (primary N) is 1. The summed E-state index contributed by atoms with van der Waals surface area (Å²) < 4.78 is 5.17. The van der Waals surface area contributed by atoms with Gasteiger partial charge in [0.25, 0.3) is 5.91 Å². The Morgan fingerprint density at radius 3 is 2.67 bits per heavy atom. The van der Waals surface area contributed by atoms with Crippen molar-refractivity contribution in [3.8, 4) is 0 Å². The summed E-state index contributed by atoms with van der Waals surface area (Å²) in [7, 11) is 0. The lowest BCUT2D eigenvalue weighted by Crippen LogP contribution is -2.41. The second kappa shape index (κ2) is 7.11. The van der Waals surface area contributed by atoms with Gasteiger partial charge < -0.3 is 15.8 Å². The number of nitrogens with one attached hydrogen (secondary N) is 1. The van der Waals surface area contributed by atoms with E-state index in [0.29, 0.717) is 11.3 Å². The molecule has 1 amide bonds. The zero-order valence-corrected chi connectivity index (χ0v) is 12.3. The van der Waals surface area contributed by atoms with Crippen LogP contribution in [0.3, 0.4) is 0 Å². The number of ether oxygens (including phenoxy) is 1. The van der Waals surface area contributed by atoms with Gasteiger partial charge in [0.15, 0.2) is 6.10 Å². The van der Waals surface area contributed by atoms with E-state index < -0.39 is 12.1 Å². The van der Waals surface area contributed by atoms with Crippen molar-refractivity contribution in [1.29, 1.82) is 0 Å². The molecule has 0 spiro atoms. The molecule has 1 saturated carbocycles. The Kier molecular flexibility index (Phi) is 5.20.